The topological polar surface area (TPSA) is 43.8 Å². The molecule has 0 aromatic carbocycles. The van der Waals surface area contributed by atoms with Crippen LogP contribution in [0.5, 0.6) is 0 Å². The highest BCUT2D eigenvalue weighted by atomic mass is 32.1. The van der Waals surface area contributed by atoms with Crippen molar-refractivity contribution in [1.29, 1.82) is 0 Å². The molecule has 0 unspecified atom stereocenters. The van der Waals surface area contributed by atoms with Crippen LogP contribution in [0.3, 0.4) is 0 Å². The van der Waals surface area contributed by atoms with E-state index < -0.39 is 5.97 Å². The van der Waals surface area contributed by atoms with Crippen LogP contribution >= 0.6 is 11.3 Å². The first kappa shape index (κ1) is 14.2. The number of carboxylic acids is 1. The van der Waals surface area contributed by atoms with Gasteiger partial charge in [0.05, 0.1) is 0 Å². The maximum absolute atomic E-state index is 10.6. The lowest BCUT2D eigenvalue weighted by atomic mass is 10.2. The molecule has 0 bridgehead atoms. The summed E-state index contributed by atoms with van der Waals surface area (Å²) in [6, 6.07) is 1.99. The molecule has 0 spiro atoms. The smallest absolute Gasteiger partial charge is 0.328 e. The molecule has 1 N–H and O–H groups in total. The highest BCUT2D eigenvalue weighted by Crippen LogP contribution is 2.21. The van der Waals surface area contributed by atoms with Gasteiger partial charge in [-0.25, -0.2) is 4.79 Å². The number of likely N-dealkylation sites (N-methyl/N-ethyl adjacent to an activating group) is 1. The third-order valence-corrected chi connectivity index (χ3v) is 4.39. The zero-order valence-corrected chi connectivity index (χ0v) is 12.0. The minimum atomic E-state index is -0.895. The van der Waals surface area contributed by atoms with Gasteiger partial charge < -0.3 is 10.0 Å². The molecule has 0 radical (unpaired) electrons. The van der Waals surface area contributed by atoms with Crippen molar-refractivity contribution in [2.45, 2.75) is 13.5 Å². The van der Waals surface area contributed by atoms with Gasteiger partial charge in [0.25, 0.3) is 0 Å². The lowest BCUT2D eigenvalue weighted by Gasteiger charge is -2.33. The number of piperazine rings is 1. The van der Waals surface area contributed by atoms with E-state index in [1.807, 2.05) is 11.4 Å². The molecule has 0 atom stereocenters. The van der Waals surface area contributed by atoms with E-state index in [0.29, 0.717) is 0 Å². The van der Waals surface area contributed by atoms with E-state index >= 15 is 0 Å². The summed E-state index contributed by atoms with van der Waals surface area (Å²) in [4.78, 5) is 16.7. The average molecular weight is 280 g/mol. The van der Waals surface area contributed by atoms with Crippen molar-refractivity contribution < 1.29 is 9.90 Å². The predicted octanol–water partition coefficient (Wildman–Crippen LogP) is 1.98. The standard InChI is InChI=1S/C14H20N2O2S/c1-2-15-6-8-16(9-7-15)11-13-12(5-10-19-13)3-4-14(17)18/h3-5,10H,2,6-9,11H2,1H3,(H,17,18). The van der Waals surface area contributed by atoms with E-state index in [1.165, 1.54) is 11.0 Å². The Morgan fingerprint density at radius 1 is 1.37 bits per heavy atom. The molecule has 0 saturated carbocycles. The number of hydrogen-bond donors (Lipinski definition) is 1. The predicted molar refractivity (Wildman–Crippen MR) is 78.4 cm³/mol. The summed E-state index contributed by atoms with van der Waals surface area (Å²) in [7, 11) is 0. The molecule has 1 aromatic heterocycles. The first-order chi connectivity index (χ1) is 9.19. The fraction of sp³-hybridized carbons (Fsp3) is 0.500. The maximum atomic E-state index is 10.6. The van der Waals surface area contributed by atoms with E-state index in [1.54, 1.807) is 17.4 Å². The largest absolute Gasteiger partial charge is 0.478 e. The van der Waals surface area contributed by atoms with Gasteiger partial charge in [-0.3, -0.25) is 4.90 Å². The zero-order chi connectivity index (χ0) is 13.7. The van der Waals surface area contributed by atoms with Crippen LogP contribution in [-0.4, -0.2) is 53.6 Å². The van der Waals surface area contributed by atoms with E-state index in [9.17, 15) is 4.79 Å². The first-order valence-corrected chi connectivity index (χ1v) is 7.49. The van der Waals surface area contributed by atoms with Crippen molar-refractivity contribution in [3.05, 3.63) is 28.0 Å². The van der Waals surface area contributed by atoms with E-state index in [2.05, 4.69) is 16.7 Å². The highest BCUT2D eigenvalue weighted by molar-refractivity contribution is 7.10. The first-order valence-electron chi connectivity index (χ1n) is 6.61. The van der Waals surface area contributed by atoms with E-state index in [0.717, 1.165) is 44.8 Å². The Balaban J connectivity index is 1.93. The molecular weight excluding hydrogens is 260 g/mol. The van der Waals surface area contributed by atoms with Crippen molar-refractivity contribution >= 4 is 23.4 Å². The van der Waals surface area contributed by atoms with Gasteiger partial charge in [0.1, 0.15) is 0 Å². The van der Waals surface area contributed by atoms with Crippen LogP contribution in [0.4, 0.5) is 0 Å². The Hall–Kier alpha value is -1.17. The Labute approximate surface area is 118 Å². The number of hydrogen-bond acceptors (Lipinski definition) is 4. The molecule has 2 rings (SSSR count). The van der Waals surface area contributed by atoms with Gasteiger partial charge in [0.2, 0.25) is 0 Å². The monoisotopic (exact) mass is 280 g/mol. The number of thiophene rings is 1. The third-order valence-electron chi connectivity index (χ3n) is 3.46. The van der Waals surface area contributed by atoms with Gasteiger partial charge >= 0.3 is 5.97 Å². The summed E-state index contributed by atoms with van der Waals surface area (Å²) in [5, 5.41) is 10.7. The maximum Gasteiger partial charge on any atom is 0.328 e. The van der Waals surface area contributed by atoms with Crippen LogP contribution in [0.15, 0.2) is 17.5 Å². The molecule has 104 valence electrons. The molecule has 1 fully saturated rings. The number of carboxylic acid groups (broad SMARTS) is 1. The lowest BCUT2D eigenvalue weighted by molar-refractivity contribution is -0.131. The van der Waals surface area contributed by atoms with Gasteiger partial charge in [-0.1, -0.05) is 6.92 Å². The van der Waals surface area contributed by atoms with Gasteiger partial charge in [0, 0.05) is 43.7 Å². The highest BCUT2D eigenvalue weighted by Gasteiger charge is 2.16. The van der Waals surface area contributed by atoms with E-state index in [-0.39, 0.29) is 0 Å². The molecule has 2 heterocycles. The quantitative estimate of drug-likeness (QED) is 0.838. The van der Waals surface area contributed by atoms with Crippen molar-refractivity contribution in [2.24, 2.45) is 0 Å². The fourth-order valence-electron chi connectivity index (χ4n) is 2.26. The minimum Gasteiger partial charge on any atom is -0.478 e. The fourth-order valence-corrected chi connectivity index (χ4v) is 3.16. The third kappa shape index (κ3) is 4.16. The zero-order valence-electron chi connectivity index (χ0n) is 11.2. The van der Waals surface area contributed by atoms with Crippen LogP contribution in [0, 0.1) is 0 Å². The van der Waals surface area contributed by atoms with Crippen LogP contribution in [0.1, 0.15) is 17.4 Å². The van der Waals surface area contributed by atoms with E-state index in [4.69, 9.17) is 5.11 Å². The molecule has 0 amide bonds. The van der Waals surface area contributed by atoms with Crippen molar-refractivity contribution in [1.82, 2.24) is 9.80 Å². The summed E-state index contributed by atoms with van der Waals surface area (Å²) >= 11 is 1.70. The van der Waals surface area contributed by atoms with Crippen LogP contribution in [0.2, 0.25) is 0 Å². The Kier molecular flexibility index (Phi) is 5.13. The average Bonchev–Trinajstić information content (AvgIpc) is 2.84. The van der Waals surface area contributed by atoms with Crippen molar-refractivity contribution in [2.75, 3.05) is 32.7 Å². The van der Waals surface area contributed by atoms with Gasteiger partial charge in [-0.2, -0.15) is 0 Å². The van der Waals surface area contributed by atoms with Crippen molar-refractivity contribution in [3.8, 4) is 0 Å². The Morgan fingerprint density at radius 3 is 2.68 bits per heavy atom. The second-order valence-corrected chi connectivity index (χ2v) is 5.68. The summed E-state index contributed by atoms with van der Waals surface area (Å²) in [6.45, 7) is 8.68. The van der Waals surface area contributed by atoms with Crippen LogP contribution in [-0.2, 0) is 11.3 Å². The van der Waals surface area contributed by atoms with Crippen LogP contribution in [0.25, 0.3) is 6.08 Å². The Bertz CT molecular complexity index is 448. The molecule has 0 aliphatic carbocycles. The number of rotatable bonds is 5. The van der Waals surface area contributed by atoms with Gasteiger partial charge in [-0.15, -0.1) is 11.3 Å². The second kappa shape index (κ2) is 6.84. The van der Waals surface area contributed by atoms with Gasteiger partial charge in [-0.05, 0) is 29.6 Å². The lowest BCUT2D eigenvalue weighted by Crippen LogP contribution is -2.45. The molecule has 5 heteroatoms. The molecule has 1 aromatic rings. The molecule has 19 heavy (non-hydrogen) atoms. The van der Waals surface area contributed by atoms with Gasteiger partial charge in [0.15, 0.2) is 0 Å². The molecular formula is C14H20N2O2S. The SMILES string of the molecule is CCN1CCN(Cc2sccc2C=CC(=O)O)CC1. The number of nitrogens with zero attached hydrogens (tertiary/aromatic N) is 2. The second-order valence-electron chi connectivity index (χ2n) is 4.68. The summed E-state index contributed by atoms with van der Waals surface area (Å²) in [5.74, 6) is -0.895. The summed E-state index contributed by atoms with van der Waals surface area (Å²) in [5.41, 5.74) is 1.03. The van der Waals surface area contributed by atoms with Crippen molar-refractivity contribution in [3.63, 3.8) is 0 Å². The number of carbonyl (C=O) groups is 1. The molecule has 1 aliphatic rings. The summed E-state index contributed by atoms with van der Waals surface area (Å²) < 4.78 is 0. The molecule has 1 saturated heterocycles. The number of aliphatic carboxylic acids is 1. The van der Waals surface area contributed by atoms with Crippen LogP contribution < -0.4 is 0 Å². The normalized spacial score (nSPS) is 18.2. The minimum absolute atomic E-state index is 0.895. The molecule has 1 aliphatic heterocycles. The Morgan fingerprint density at radius 2 is 2.05 bits per heavy atom. The summed E-state index contributed by atoms with van der Waals surface area (Å²) in [6.07, 6.45) is 2.90. The molecule has 4 nitrogen and oxygen atoms in total.